The predicted molar refractivity (Wildman–Crippen MR) is 101 cm³/mol. The Morgan fingerprint density at radius 1 is 1.19 bits per heavy atom. The lowest BCUT2D eigenvalue weighted by molar-refractivity contribution is 0.181. The molecule has 4 heterocycles. The van der Waals surface area contributed by atoms with Crippen molar-refractivity contribution < 1.29 is 13.9 Å². The molecule has 0 amide bonds. The Kier molecular flexibility index (Phi) is 4.70. The second kappa shape index (κ2) is 7.15. The normalized spacial score (nSPS) is 18.7. The first-order valence-electron chi connectivity index (χ1n) is 9.19. The molecule has 0 bridgehead atoms. The minimum absolute atomic E-state index is 0.136. The molecular formula is C20H24N4O3. The zero-order chi connectivity index (χ0) is 19.0. The summed E-state index contributed by atoms with van der Waals surface area (Å²) in [6, 6.07) is 7.93. The molecule has 7 heteroatoms. The Bertz CT molecular complexity index is 956. The Morgan fingerprint density at radius 3 is 2.85 bits per heavy atom. The molecule has 142 valence electrons. The summed E-state index contributed by atoms with van der Waals surface area (Å²) in [6.45, 7) is 7.75. The number of oxazole rings is 1. The third kappa shape index (κ3) is 3.73. The van der Waals surface area contributed by atoms with E-state index in [0.717, 1.165) is 42.2 Å². The van der Waals surface area contributed by atoms with E-state index in [9.17, 15) is 0 Å². The molecule has 0 spiro atoms. The highest BCUT2D eigenvalue weighted by Crippen LogP contribution is 2.28. The second-order valence-electron chi connectivity index (χ2n) is 6.98. The van der Waals surface area contributed by atoms with Crippen LogP contribution in [0.25, 0.3) is 11.2 Å². The van der Waals surface area contributed by atoms with Gasteiger partial charge in [0.25, 0.3) is 0 Å². The molecule has 0 aliphatic carbocycles. The lowest BCUT2D eigenvalue weighted by atomic mass is 10.2. The average molecular weight is 368 g/mol. The molecule has 0 unspecified atom stereocenters. The number of ether oxygens (including phenoxy) is 2. The molecule has 7 nitrogen and oxygen atoms in total. The smallest absolute Gasteiger partial charge is 0.216 e. The Hall–Kier alpha value is -2.67. The van der Waals surface area contributed by atoms with Gasteiger partial charge in [-0.1, -0.05) is 0 Å². The zero-order valence-electron chi connectivity index (χ0n) is 16.1. The fourth-order valence-electron chi connectivity index (χ4n) is 3.54. The summed E-state index contributed by atoms with van der Waals surface area (Å²) in [4.78, 5) is 15.7. The SMILES string of the molecule is COc1cc(O[C@@H]2CCN([C@@H](C)c3ccc4oc(C)nc4n3)C2)cc(C)n1. The van der Waals surface area contributed by atoms with Crippen LogP contribution in [-0.2, 0) is 0 Å². The minimum atomic E-state index is 0.136. The Balaban J connectivity index is 1.44. The summed E-state index contributed by atoms with van der Waals surface area (Å²) in [7, 11) is 1.62. The van der Waals surface area contributed by atoms with Crippen molar-refractivity contribution in [3.8, 4) is 11.6 Å². The van der Waals surface area contributed by atoms with Crippen LogP contribution in [-0.4, -0.2) is 46.2 Å². The second-order valence-corrected chi connectivity index (χ2v) is 6.98. The fraction of sp³-hybridized carbons (Fsp3) is 0.450. The first-order chi connectivity index (χ1) is 13.0. The van der Waals surface area contributed by atoms with Crippen LogP contribution in [0.1, 0.15) is 36.7 Å². The van der Waals surface area contributed by atoms with E-state index in [1.54, 1.807) is 7.11 Å². The Labute approximate surface area is 158 Å². The van der Waals surface area contributed by atoms with E-state index in [4.69, 9.17) is 13.9 Å². The number of aryl methyl sites for hydroxylation is 2. The van der Waals surface area contributed by atoms with Crippen LogP contribution in [0.5, 0.6) is 11.6 Å². The molecule has 1 aliphatic rings. The van der Waals surface area contributed by atoms with Gasteiger partial charge >= 0.3 is 0 Å². The molecule has 2 atom stereocenters. The van der Waals surface area contributed by atoms with Crippen LogP contribution in [0.15, 0.2) is 28.7 Å². The summed E-state index contributed by atoms with van der Waals surface area (Å²) >= 11 is 0. The first-order valence-corrected chi connectivity index (χ1v) is 9.19. The van der Waals surface area contributed by atoms with Crippen molar-refractivity contribution in [2.75, 3.05) is 20.2 Å². The van der Waals surface area contributed by atoms with Gasteiger partial charge in [-0.3, -0.25) is 4.90 Å². The highest BCUT2D eigenvalue weighted by molar-refractivity contribution is 5.67. The van der Waals surface area contributed by atoms with E-state index in [1.165, 1.54) is 0 Å². The molecule has 3 aromatic rings. The molecule has 0 N–H and O–H groups in total. The van der Waals surface area contributed by atoms with Gasteiger partial charge in [0.15, 0.2) is 17.1 Å². The molecule has 3 aromatic heterocycles. The van der Waals surface area contributed by atoms with Crippen molar-refractivity contribution >= 4 is 11.2 Å². The summed E-state index contributed by atoms with van der Waals surface area (Å²) in [6.07, 6.45) is 1.11. The number of likely N-dealkylation sites (tertiary alicyclic amines) is 1. The van der Waals surface area contributed by atoms with E-state index < -0.39 is 0 Å². The van der Waals surface area contributed by atoms with Gasteiger partial charge in [0.2, 0.25) is 5.88 Å². The third-order valence-electron chi connectivity index (χ3n) is 4.95. The van der Waals surface area contributed by atoms with Crippen molar-refractivity contribution in [3.63, 3.8) is 0 Å². The lowest BCUT2D eigenvalue weighted by Gasteiger charge is -2.23. The topological polar surface area (TPSA) is 73.5 Å². The largest absolute Gasteiger partial charge is 0.489 e. The summed E-state index contributed by atoms with van der Waals surface area (Å²) in [5.41, 5.74) is 3.28. The van der Waals surface area contributed by atoms with E-state index in [-0.39, 0.29) is 12.1 Å². The molecule has 1 aliphatic heterocycles. The predicted octanol–water partition coefficient (Wildman–Crippen LogP) is 3.46. The van der Waals surface area contributed by atoms with Gasteiger partial charge in [-0.25, -0.2) is 9.97 Å². The van der Waals surface area contributed by atoms with E-state index in [1.807, 2.05) is 38.1 Å². The highest BCUT2D eigenvalue weighted by Gasteiger charge is 2.29. The maximum Gasteiger partial charge on any atom is 0.216 e. The van der Waals surface area contributed by atoms with Gasteiger partial charge in [0.1, 0.15) is 11.9 Å². The summed E-state index contributed by atoms with van der Waals surface area (Å²) < 4.78 is 16.9. The molecule has 4 rings (SSSR count). The van der Waals surface area contributed by atoms with E-state index in [0.29, 0.717) is 17.4 Å². The van der Waals surface area contributed by atoms with E-state index in [2.05, 4.69) is 26.8 Å². The number of nitrogens with zero attached hydrogens (tertiary/aromatic N) is 4. The molecule has 27 heavy (non-hydrogen) atoms. The number of pyridine rings is 2. The lowest BCUT2D eigenvalue weighted by Crippen LogP contribution is -2.28. The van der Waals surface area contributed by atoms with Crippen molar-refractivity contribution in [2.24, 2.45) is 0 Å². The zero-order valence-corrected chi connectivity index (χ0v) is 16.1. The molecule has 0 aromatic carbocycles. The molecular weight excluding hydrogens is 344 g/mol. The number of hydrogen-bond donors (Lipinski definition) is 0. The fourth-order valence-corrected chi connectivity index (χ4v) is 3.54. The Morgan fingerprint density at radius 2 is 2.04 bits per heavy atom. The van der Waals surface area contributed by atoms with Crippen molar-refractivity contribution in [1.29, 1.82) is 0 Å². The molecule has 0 saturated carbocycles. The van der Waals surface area contributed by atoms with Gasteiger partial charge in [0, 0.05) is 43.9 Å². The molecule has 0 radical (unpaired) electrons. The number of aromatic nitrogens is 3. The number of rotatable bonds is 5. The van der Waals surface area contributed by atoms with Crippen LogP contribution in [0.2, 0.25) is 0 Å². The minimum Gasteiger partial charge on any atom is -0.489 e. The van der Waals surface area contributed by atoms with Gasteiger partial charge in [-0.15, -0.1) is 0 Å². The van der Waals surface area contributed by atoms with Crippen molar-refractivity contribution in [2.45, 2.75) is 39.3 Å². The summed E-state index contributed by atoms with van der Waals surface area (Å²) in [5, 5.41) is 0. The van der Waals surface area contributed by atoms with Crippen LogP contribution >= 0.6 is 0 Å². The molecule has 1 saturated heterocycles. The van der Waals surface area contributed by atoms with Gasteiger partial charge in [-0.05, 0) is 32.4 Å². The first kappa shape index (κ1) is 17.7. The van der Waals surface area contributed by atoms with Gasteiger partial charge in [0.05, 0.1) is 12.8 Å². The maximum atomic E-state index is 6.18. The third-order valence-corrected chi connectivity index (χ3v) is 4.95. The standard InChI is InChI=1S/C20H24N4O3/c1-12-9-16(10-19(21-12)25-4)27-15-7-8-24(11-15)13(2)17-5-6-18-20(23-17)22-14(3)26-18/h5-6,9-10,13,15H,7-8,11H2,1-4H3/t13-,15+/m0/s1. The maximum absolute atomic E-state index is 6.18. The highest BCUT2D eigenvalue weighted by atomic mass is 16.5. The monoisotopic (exact) mass is 368 g/mol. The van der Waals surface area contributed by atoms with Crippen LogP contribution in [0.4, 0.5) is 0 Å². The van der Waals surface area contributed by atoms with Crippen LogP contribution in [0, 0.1) is 13.8 Å². The average Bonchev–Trinajstić information content (AvgIpc) is 3.25. The summed E-state index contributed by atoms with van der Waals surface area (Å²) in [5.74, 6) is 2.02. The van der Waals surface area contributed by atoms with Crippen LogP contribution in [0.3, 0.4) is 0 Å². The van der Waals surface area contributed by atoms with Crippen molar-refractivity contribution in [3.05, 3.63) is 41.5 Å². The van der Waals surface area contributed by atoms with Crippen LogP contribution < -0.4 is 9.47 Å². The van der Waals surface area contributed by atoms with Crippen molar-refractivity contribution in [1.82, 2.24) is 19.9 Å². The van der Waals surface area contributed by atoms with Gasteiger partial charge < -0.3 is 13.9 Å². The van der Waals surface area contributed by atoms with Gasteiger partial charge in [-0.2, -0.15) is 4.98 Å². The number of methoxy groups -OCH3 is 1. The number of hydrogen-bond acceptors (Lipinski definition) is 7. The quantitative estimate of drug-likeness (QED) is 0.683. The molecule has 1 fully saturated rings. The number of fused-ring (bicyclic) bond motifs is 1. The van der Waals surface area contributed by atoms with E-state index >= 15 is 0 Å².